The molecule has 2 aromatic rings. The summed E-state index contributed by atoms with van der Waals surface area (Å²) in [4.78, 5) is 17.1. The standard InChI is InChI=1S/C8H5Cl2N3O/c9-3-1-4-8(6(10)7(3)11)13-5(2-14)12-4/h1-2H,11H2,(H,12,13). The van der Waals surface area contributed by atoms with E-state index < -0.39 is 0 Å². The van der Waals surface area contributed by atoms with Crippen molar-refractivity contribution in [1.29, 1.82) is 0 Å². The highest BCUT2D eigenvalue weighted by molar-refractivity contribution is 6.42. The fourth-order valence-electron chi connectivity index (χ4n) is 1.17. The summed E-state index contributed by atoms with van der Waals surface area (Å²) >= 11 is 11.7. The molecule has 1 heterocycles. The summed E-state index contributed by atoms with van der Waals surface area (Å²) in [6, 6.07) is 1.58. The molecule has 0 aliphatic heterocycles. The topological polar surface area (TPSA) is 71.8 Å². The van der Waals surface area contributed by atoms with E-state index in [1.165, 1.54) is 0 Å². The number of aromatic amines is 1. The lowest BCUT2D eigenvalue weighted by Gasteiger charge is -2.00. The molecule has 0 aliphatic carbocycles. The van der Waals surface area contributed by atoms with E-state index in [0.717, 1.165) is 0 Å². The van der Waals surface area contributed by atoms with Crippen LogP contribution in [0.3, 0.4) is 0 Å². The number of anilines is 1. The number of hydrogen-bond donors (Lipinski definition) is 2. The number of nitrogens with zero attached hydrogens (tertiary/aromatic N) is 1. The number of H-pyrrole nitrogens is 1. The molecule has 0 fully saturated rings. The molecule has 0 bridgehead atoms. The van der Waals surface area contributed by atoms with Crippen LogP contribution in [0.4, 0.5) is 5.69 Å². The highest BCUT2D eigenvalue weighted by atomic mass is 35.5. The molecular formula is C8H5Cl2N3O. The maximum Gasteiger partial charge on any atom is 0.185 e. The van der Waals surface area contributed by atoms with Crippen molar-refractivity contribution in [3.63, 3.8) is 0 Å². The van der Waals surface area contributed by atoms with Gasteiger partial charge in [0, 0.05) is 0 Å². The lowest BCUT2D eigenvalue weighted by atomic mass is 10.3. The van der Waals surface area contributed by atoms with Crippen LogP contribution < -0.4 is 5.73 Å². The number of aldehydes is 1. The zero-order valence-corrected chi connectivity index (χ0v) is 8.36. The van der Waals surface area contributed by atoms with Gasteiger partial charge in [0.25, 0.3) is 0 Å². The van der Waals surface area contributed by atoms with Crippen LogP contribution >= 0.6 is 23.2 Å². The van der Waals surface area contributed by atoms with Gasteiger partial charge in [-0.2, -0.15) is 0 Å². The van der Waals surface area contributed by atoms with Crippen LogP contribution in [0, 0.1) is 0 Å². The minimum absolute atomic E-state index is 0.198. The first kappa shape index (κ1) is 9.30. The Morgan fingerprint density at radius 3 is 2.86 bits per heavy atom. The Morgan fingerprint density at radius 1 is 1.50 bits per heavy atom. The maximum absolute atomic E-state index is 10.5. The number of rotatable bonds is 1. The first-order valence-corrected chi connectivity index (χ1v) is 4.47. The van der Waals surface area contributed by atoms with Gasteiger partial charge in [0.2, 0.25) is 0 Å². The number of hydrogen-bond acceptors (Lipinski definition) is 3. The molecule has 14 heavy (non-hydrogen) atoms. The van der Waals surface area contributed by atoms with Gasteiger partial charge in [-0.15, -0.1) is 0 Å². The van der Waals surface area contributed by atoms with Gasteiger partial charge >= 0.3 is 0 Å². The monoisotopic (exact) mass is 229 g/mol. The van der Waals surface area contributed by atoms with Crippen molar-refractivity contribution in [3.8, 4) is 0 Å². The van der Waals surface area contributed by atoms with Crippen LogP contribution in [0.5, 0.6) is 0 Å². The third-order valence-corrected chi connectivity index (χ3v) is 2.53. The molecule has 4 nitrogen and oxygen atoms in total. The van der Waals surface area contributed by atoms with Gasteiger partial charge in [0.15, 0.2) is 12.1 Å². The van der Waals surface area contributed by atoms with Crippen molar-refractivity contribution in [1.82, 2.24) is 9.97 Å². The molecule has 1 aromatic carbocycles. The summed E-state index contributed by atoms with van der Waals surface area (Å²) < 4.78 is 0. The van der Waals surface area contributed by atoms with E-state index in [2.05, 4.69) is 9.97 Å². The predicted octanol–water partition coefficient (Wildman–Crippen LogP) is 2.26. The first-order valence-electron chi connectivity index (χ1n) is 3.72. The van der Waals surface area contributed by atoms with Gasteiger partial charge in [-0.1, -0.05) is 23.2 Å². The zero-order valence-electron chi connectivity index (χ0n) is 6.84. The lowest BCUT2D eigenvalue weighted by molar-refractivity contribution is 0.111. The normalized spacial score (nSPS) is 10.7. The number of imidazole rings is 1. The van der Waals surface area contributed by atoms with Crippen molar-refractivity contribution in [2.45, 2.75) is 0 Å². The Balaban J connectivity index is 2.87. The number of carbonyl (C=O) groups excluding carboxylic acids is 1. The minimum atomic E-state index is 0.198. The zero-order chi connectivity index (χ0) is 10.3. The highest BCUT2D eigenvalue weighted by Gasteiger charge is 2.11. The van der Waals surface area contributed by atoms with Gasteiger partial charge in [0.05, 0.1) is 21.2 Å². The molecule has 0 radical (unpaired) electrons. The van der Waals surface area contributed by atoms with Crippen LogP contribution in [-0.4, -0.2) is 16.3 Å². The summed E-state index contributed by atoms with van der Waals surface area (Å²) in [5, 5.41) is 0.598. The lowest BCUT2D eigenvalue weighted by Crippen LogP contribution is -1.88. The Labute approximate surface area is 89.0 Å². The van der Waals surface area contributed by atoms with Crippen LogP contribution in [-0.2, 0) is 0 Å². The molecular weight excluding hydrogens is 225 g/mol. The number of benzene rings is 1. The average molecular weight is 230 g/mol. The Morgan fingerprint density at radius 2 is 2.21 bits per heavy atom. The number of nitrogens with two attached hydrogens (primary N) is 1. The van der Waals surface area contributed by atoms with E-state index in [4.69, 9.17) is 28.9 Å². The molecule has 6 heteroatoms. The van der Waals surface area contributed by atoms with Crippen molar-refractivity contribution >= 4 is 46.2 Å². The number of carbonyl (C=O) groups is 1. The van der Waals surface area contributed by atoms with Crippen molar-refractivity contribution < 1.29 is 4.79 Å². The van der Waals surface area contributed by atoms with Crippen molar-refractivity contribution in [2.24, 2.45) is 0 Å². The molecule has 1 aromatic heterocycles. The quantitative estimate of drug-likeness (QED) is 0.582. The van der Waals surface area contributed by atoms with Gasteiger partial charge in [-0.05, 0) is 6.07 Å². The van der Waals surface area contributed by atoms with Gasteiger partial charge < -0.3 is 10.7 Å². The summed E-state index contributed by atoms with van der Waals surface area (Å²) in [6.45, 7) is 0. The number of nitrogens with one attached hydrogen (secondary N) is 1. The average Bonchev–Trinajstić information content (AvgIpc) is 2.57. The smallest absolute Gasteiger partial charge is 0.185 e. The number of fused-ring (bicyclic) bond motifs is 1. The van der Waals surface area contributed by atoms with Gasteiger partial charge in [-0.3, -0.25) is 4.79 Å². The number of halogens is 2. The first-order chi connectivity index (χ1) is 6.63. The summed E-state index contributed by atoms with van der Waals surface area (Å²) in [7, 11) is 0. The Bertz CT molecular complexity index is 521. The van der Waals surface area contributed by atoms with E-state index in [1.807, 2.05) is 0 Å². The Hall–Kier alpha value is -1.26. The van der Waals surface area contributed by atoms with E-state index in [0.29, 0.717) is 22.3 Å². The minimum Gasteiger partial charge on any atom is -0.396 e. The molecule has 0 saturated carbocycles. The molecule has 72 valence electrons. The second kappa shape index (κ2) is 3.15. The van der Waals surface area contributed by atoms with Crippen LogP contribution in [0.1, 0.15) is 10.6 Å². The van der Waals surface area contributed by atoms with E-state index in [9.17, 15) is 4.79 Å². The van der Waals surface area contributed by atoms with Gasteiger partial charge in [-0.25, -0.2) is 4.98 Å². The van der Waals surface area contributed by atoms with Crippen LogP contribution in [0.15, 0.2) is 6.07 Å². The molecule has 2 rings (SSSR count). The molecule has 0 aliphatic rings. The molecule has 3 N–H and O–H groups in total. The predicted molar refractivity (Wildman–Crippen MR) is 55.9 cm³/mol. The van der Waals surface area contributed by atoms with Crippen LogP contribution in [0.25, 0.3) is 11.0 Å². The van der Waals surface area contributed by atoms with Gasteiger partial charge in [0.1, 0.15) is 5.52 Å². The highest BCUT2D eigenvalue weighted by Crippen LogP contribution is 2.33. The second-order valence-corrected chi connectivity index (χ2v) is 3.51. The fourth-order valence-corrected chi connectivity index (χ4v) is 1.67. The third-order valence-electron chi connectivity index (χ3n) is 1.83. The second-order valence-electron chi connectivity index (χ2n) is 2.72. The Kier molecular flexibility index (Phi) is 2.09. The van der Waals surface area contributed by atoms with Crippen molar-refractivity contribution in [3.05, 3.63) is 21.9 Å². The van der Waals surface area contributed by atoms with E-state index in [-0.39, 0.29) is 16.5 Å². The SMILES string of the molecule is Nc1c(Cl)cc2[nH]c(C=O)nc2c1Cl. The summed E-state index contributed by atoms with van der Waals surface area (Å²) in [5.41, 5.74) is 6.91. The number of nitrogen functional groups attached to an aromatic ring is 1. The molecule has 0 spiro atoms. The van der Waals surface area contributed by atoms with Crippen molar-refractivity contribution in [2.75, 3.05) is 5.73 Å². The van der Waals surface area contributed by atoms with E-state index in [1.54, 1.807) is 6.07 Å². The third kappa shape index (κ3) is 1.23. The molecule has 0 amide bonds. The molecule has 0 saturated heterocycles. The largest absolute Gasteiger partial charge is 0.396 e. The van der Waals surface area contributed by atoms with E-state index >= 15 is 0 Å². The maximum atomic E-state index is 10.5. The summed E-state index contributed by atoms with van der Waals surface area (Å²) in [5.74, 6) is 0.198. The fraction of sp³-hybridized carbons (Fsp3) is 0. The summed E-state index contributed by atoms with van der Waals surface area (Å²) in [6.07, 6.45) is 0.598. The molecule has 0 atom stereocenters. The molecule has 0 unspecified atom stereocenters. The number of aromatic nitrogens is 2. The van der Waals surface area contributed by atoms with Crippen LogP contribution in [0.2, 0.25) is 10.0 Å².